The summed E-state index contributed by atoms with van der Waals surface area (Å²) >= 11 is 0. The van der Waals surface area contributed by atoms with E-state index < -0.39 is 5.41 Å². The molecule has 11 aromatic rings. The Morgan fingerprint density at radius 2 is 1.00 bits per heavy atom. The van der Waals surface area contributed by atoms with Crippen molar-refractivity contribution in [3.63, 3.8) is 0 Å². The lowest BCUT2D eigenvalue weighted by atomic mass is 9.67. The molecule has 4 nitrogen and oxygen atoms in total. The first-order chi connectivity index (χ1) is 28.3. The zero-order valence-electron chi connectivity index (χ0n) is 30.9. The third-order valence-corrected chi connectivity index (χ3v) is 12.2. The number of para-hydroxylation sites is 1. The maximum absolute atomic E-state index is 4.69. The SMILES string of the molecule is c1ccc(C2(c3ccccc3)c3ccccc3-c3ccc4c(c32)c2ccccc2n4-c2ccc(-c3ccc(-n4c5ccncc5c5ncccc54)cc3)cc2)cc1. The summed E-state index contributed by atoms with van der Waals surface area (Å²) in [6, 6.07) is 68.9. The van der Waals surface area contributed by atoms with Crippen molar-refractivity contribution < 1.29 is 0 Å². The first-order valence-electron chi connectivity index (χ1n) is 19.5. The highest BCUT2D eigenvalue weighted by Gasteiger charge is 2.47. The molecule has 0 fully saturated rings. The van der Waals surface area contributed by atoms with Crippen molar-refractivity contribution in [2.24, 2.45) is 0 Å². The fraction of sp³-hybridized carbons (Fsp3) is 0.0189. The molecule has 1 aliphatic carbocycles. The van der Waals surface area contributed by atoms with E-state index >= 15 is 0 Å². The van der Waals surface area contributed by atoms with E-state index in [0.29, 0.717) is 0 Å². The molecule has 0 saturated heterocycles. The third-order valence-electron chi connectivity index (χ3n) is 12.2. The number of fused-ring (bicyclic) bond motifs is 10. The van der Waals surface area contributed by atoms with Crippen molar-refractivity contribution >= 4 is 43.7 Å². The lowest BCUT2D eigenvalue weighted by Crippen LogP contribution is -2.28. The summed E-state index contributed by atoms with van der Waals surface area (Å²) in [6.07, 6.45) is 5.60. The fourth-order valence-electron chi connectivity index (χ4n) is 9.84. The van der Waals surface area contributed by atoms with Crippen LogP contribution in [0.4, 0.5) is 0 Å². The number of aromatic nitrogens is 4. The highest BCUT2D eigenvalue weighted by Crippen LogP contribution is 2.59. The molecular formula is C53H34N4. The Balaban J connectivity index is 1.02. The van der Waals surface area contributed by atoms with Crippen LogP contribution in [0.5, 0.6) is 0 Å². The van der Waals surface area contributed by atoms with Crippen molar-refractivity contribution in [2.75, 3.05) is 0 Å². The number of benzene rings is 7. The van der Waals surface area contributed by atoms with E-state index in [-0.39, 0.29) is 0 Å². The number of hydrogen-bond donors (Lipinski definition) is 0. The summed E-state index contributed by atoms with van der Waals surface area (Å²) in [5, 5.41) is 3.60. The Morgan fingerprint density at radius 1 is 0.404 bits per heavy atom. The van der Waals surface area contributed by atoms with Gasteiger partial charge in [-0.05, 0) is 99.1 Å². The molecule has 4 aromatic heterocycles. The zero-order valence-corrected chi connectivity index (χ0v) is 30.9. The molecule has 0 radical (unpaired) electrons. The lowest BCUT2D eigenvalue weighted by molar-refractivity contribution is 0.776. The Morgan fingerprint density at radius 3 is 1.72 bits per heavy atom. The standard InChI is InChI=1S/C53H34N4/c1-3-12-37(13-4-1)53(38-14-5-2-6-15-38)45-18-9-7-16-41(45)42-29-30-48-50(51(42)53)43-17-8-10-19-46(43)56(48)39-25-21-35(22-26-39)36-23-27-40(28-24-36)57-47-31-33-54-34-44(47)52-49(57)20-11-32-55-52/h1-34H. The van der Waals surface area contributed by atoms with Gasteiger partial charge in [0, 0.05) is 46.1 Å². The van der Waals surface area contributed by atoms with Crippen LogP contribution in [0.15, 0.2) is 207 Å². The van der Waals surface area contributed by atoms with Crippen LogP contribution in [-0.4, -0.2) is 19.1 Å². The van der Waals surface area contributed by atoms with Gasteiger partial charge in [0.15, 0.2) is 0 Å². The summed E-state index contributed by atoms with van der Waals surface area (Å²) in [6.45, 7) is 0. The van der Waals surface area contributed by atoms with E-state index in [1.807, 2.05) is 24.7 Å². The second-order valence-corrected chi connectivity index (χ2v) is 15.0. The molecule has 0 atom stereocenters. The van der Waals surface area contributed by atoms with Gasteiger partial charge in [0.05, 0.1) is 33.0 Å². The smallest absolute Gasteiger partial charge is 0.0978 e. The van der Waals surface area contributed by atoms with E-state index in [9.17, 15) is 0 Å². The Kier molecular flexibility index (Phi) is 6.81. The molecule has 0 unspecified atom stereocenters. The van der Waals surface area contributed by atoms with E-state index in [1.54, 1.807) is 0 Å². The Hall–Kier alpha value is -7.56. The van der Waals surface area contributed by atoms with E-state index in [0.717, 1.165) is 33.3 Å². The quantitative estimate of drug-likeness (QED) is 0.177. The van der Waals surface area contributed by atoms with Crippen LogP contribution in [0.1, 0.15) is 22.3 Å². The van der Waals surface area contributed by atoms with Crippen LogP contribution in [0, 0.1) is 0 Å². The molecule has 4 heteroatoms. The fourth-order valence-corrected chi connectivity index (χ4v) is 9.84. The Labute approximate surface area is 329 Å². The number of pyridine rings is 2. The van der Waals surface area contributed by atoms with E-state index in [4.69, 9.17) is 0 Å². The van der Waals surface area contributed by atoms with Crippen molar-refractivity contribution in [3.05, 3.63) is 229 Å². The third kappa shape index (κ3) is 4.44. The summed E-state index contributed by atoms with van der Waals surface area (Å²) in [5.74, 6) is 0. The van der Waals surface area contributed by atoms with Gasteiger partial charge >= 0.3 is 0 Å². The molecule has 266 valence electrons. The second-order valence-electron chi connectivity index (χ2n) is 15.0. The molecule has 0 saturated carbocycles. The summed E-state index contributed by atoms with van der Waals surface area (Å²) in [5.41, 5.74) is 17.4. The molecule has 0 amide bonds. The number of rotatable bonds is 5. The molecule has 1 aliphatic rings. The predicted molar refractivity (Wildman–Crippen MR) is 233 cm³/mol. The van der Waals surface area contributed by atoms with Crippen molar-refractivity contribution in [1.82, 2.24) is 19.1 Å². The highest BCUT2D eigenvalue weighted by molar-refractivity contribution is 6.15. The van der Waals surface area contributed by atoms with E-state index in [1.165, 1.54) is 66.3 Å². The minimum absolute atomic E-state index is 0.494. The highest BCUT2D eigenvalue weighted by atomic mass is 15.0. The molecule has 0 bridgehead atoms. The molecule has 12 rings (SSSR count). The maximum atomic E-state index is 4.69. The largest absolute Gasteiger partial charge is 0.309 e. The first-order valence-corrected chi connectivity index (χ1v) is 19.5. The van der Waals surface area contributed by atoms with Crippen molar-refractivity contribution in [3.8, 4) is 33.6 Å². The minimum atomic E-state index is -0.494. The average Bonchev–Trinajstić information content (AvgIpc) is 3.92. The van der Waals surface area contributed by atoms with Crippen molar-refractivity contribution in [2.45, 2.75) is 5.41 Å². The number of nitrogens with zero attached hydrogens (tertiary/aromatic N) is 4. The van der Waals surface area contributed by atoms with Gasteiger partial charge in [0.1, 0.15) is 0 Å². The zero-order chi connectivity index (χ0) is 37.5. The van der Waals surface area contributed by atoms with Gasteiger partial charge in [0.2, 0.25) is 0 Å². The topological polar surface area (TPSA) is 35.6 Å². The van der Waals surface area contributed by atoms with Gasteiger partial charge in [-0.3, -0.25) is 9.97 Å². The van der Waals surface area contributed by atoms with Crippen LogP contribution < -0.4 is 0 Å². The summed E-state index contributed by atoms with van der Waals surface area (Å²) in [4.78, 5) is 9.07. The minimum Gasteiger partial charge on any atom is -0.309 e. The van der Waals surface area contributed by atoms with Crippen LogP contribution in [0.25, 0.3) is 77.4 Å². The molecule has 57 heavy (non-hydrogen) atoms. The van der Waals surface area contributed by atoms with Gasteiger partial charge in [-0.1, -0.05) is 133 Å². The van der Waals surface area contributed by atoms with Gasteiger partial charge < -0.3 is 9.13 Å². The normalized spacial score (nSPS) is 13.1. The number of hydrogen-bond acceptors (Lipinski definition) is 2. The molecule has 0 aliphatic heterocycles. The summed E-state index contributed by atoms with van der Waals surface area (Å²) in [7, 11) is 0. The second kappa shape index (κ2) is 12.2. The lowest BCUT2D eigenvalue weighted by Gasteiger charge is -2.34. The van der Waals surface area contributed by atoms with Gasteiger partial charge in [-0.2, -0.15) is 0 Å². The van der Waals surface area contributed by atoms with Crippen LogP contribution in [0.2, 0.25) is 0 Å². The molecular weight excluding hydrogens is 693 g/mol. The summed E-state index contributed by atoms with van der Waals surface area (Å²) < 4.78 is 4.72. The van der Waals surface area contributed by atoms with Crippen molar-refractivity contribution in [1.29, 1.82) is 0 Å². The van der Waals surface area contributed by atoms with Gasteiger partial charge in [0.25, 0.3) is 0 Å². The average molecular weight is 727 g/mol. The van der Waals surface area contributed by atoms with Crippen LogP contribution in [0.3, 0.4) is 0 Å². The monoisotopic (exact) mass is 726 g/mol. The molecule has 0 N–H and O–H groups in total. The van der Waals surface area contributed by atoms with Crippen LogP contribution >= 0.6 is 0 Å². The predicted octanol–water partition coefficient (Wildman–Crippen LogP) is 12.7. The van der Waals surface area contributed by atoms with Gasteiger partial charge in [-0.15, -0.1) is 0 Å². The van der Waals surface area contributed by atoms with E-state index in [2.05, 4.69) is 201 Å². The molecule has 4 heterocycles. The van der Waals surface area contributed by atoms with Gasteiger partial charge in [-0.25, -0.2) is 0 Å². The molecule has 0 spiro atoms. The molecule has 7 aromatic carbocycles. The van der Waals surface area contributed by atoms with Crippen LogP contribution in [-0.2, 0) is 5.41 Å². The first kappa shape index (κ1) is 31.8. The maximum Gasteiger partial charge on any atom is 0.0978 e. The Bertz CT molecular complexity index is 3230.